The fraction of sp³-hybridized carbons (Fsp3) is 0.333. The highest BCUT2D eigenvalue weighted by Crippen LogP contribution is 2.47. The highest BCUT2D eigenvalue weighted by molar-refractivity contribution is 5.60. The van der Waals surface area contributed by atoms with Gasteiger partial charge in [-0.25, -0.2) is 0 Å². The highest BCUT2D eigenvalue weighted by atomic mass is 16.5. The number of ether oxygens (including phenoxy) is 4. The number of aromatic nitrogens is 2. The van der Waals surface area contributed by atoms with Crippen LogP contribution in [0.15, 0.2) is 29.7 Å². The van der Waals surface area contributed by atoms with Crippen LogP contribution in [0.5, 0.6) is 17.4 Å². The Morgan fingerprint density at radius 1 is 1.38 bits per heavy atom. The van der Waals surface area contributed by atoms with Gasteiger partial charge in [-0.15, -0.1) is 5.10 Å². The number of hydrogen-bond acceptors (Lipinski definition) is 7. The molecule has 0 amide bonds. The number of nitrogens with zero attached hydrogens (tertiary/aromatic N) is 2. The number of rotatable bonds is 6. The van der Waals surface area contributed by atoms with Crippen LogP contribution in [0.3, 0.4) is 0 Å². The summed E-state index contributed by atoms with van der Waals surface area (Å²) in [6.45, 7) is 2.62. The Labute approximate surface area is 151 Å². The van der Waals surface area contributed by atoms with Gasteiger partial charge in [-0.3, -0.25) is 5.10 Å². The number of para-hydroxylation sites is 1. The molecule has 8 heteroatoms. The molecule has 1 unspecified atom stereocenters. The van der Waals surface area contributed by atoms with Crippen LogP contribution >= 0.6 is 0 Å². The zero-order chi connectivity index (χ0) is 18.7. The second kappa shape index (κ2) is 7.37. The van der Waals surface area contributed by atoms with Gasteiger partial charge < -0.3 is 24.7 Å². The average Bonchev–Trinajstić information content (AvgIpc) is 3.03. The summed E-state index contributed by atoms with van der Waals surface area (Å²) in [7, 11) is 3.15. The highest BCUT2D eigenvalue weighted by Gasteiger charge is 2.37. The summed E-state index contributed by atoms with van der Waals surface area (Å²) >= 11 is 0. The smallest absolute Gasteiger partial charge is 0.244 e. The molecule has 3 N–H and O–H groups in total. The third kappa shape index (κ3) is 2.82. The molecule has 1 aromatic carbocycles. The molecule has 0 radical (unpaired) electrons. The first-order valence-corrected chi connectivity index (χ1v) is 8.09. The fourth-order valence-electron chi connectivity index (χ4n) is 3.09. The molecule has 2 heterocycles. The van der Waals surface area contributed by atoms with Gasteiger partial charge >= 0.3 is 0 Å². The summed E-state index contributed by atoms with van der Waals surface area (Å²) in [5.41, 5.74) is 8.42. The van der Waals surface area contributed by atoms with Crippen molar-refractivity contribution in [2.45, 2.75) is 19.4 Å². The van der Waals surface area contributed by atoms with Crippen LogP contribution in [0.25, 0.3) is 0 Å². The van der Waals surface area contributed by atoms with Crippen LogP contribution in [0.2, 0.25) is 0 Å². The van der Waals surface area contributed by atoms with Crippen molar-refractivity contribution in [1.29, 1.82) is 5.26 Å². The number of benzene rings is 1. The normalized spacial score (nSPS) is 15.8. The molecule has 1 aliphatic rings. The van der Waals surface area contributed by atoms with Gasteiger partial charge in [0.2, 0.25) is 11.8 Å². The van der Waals surface area contributed by atoms with E-state index in [0.717, 1.165) is 5.56 Å². The minimum Gasteiger partial charge on any atom is -0.493 e. The van der Waals surface area contributed by atoms with Crippen molar-refractivity contribution in [3.8, 4) is 23.4 Å². The van der Waals surface area contributed by atoms with Crippen LogP contribution in [-0.2, 0) is 11.3 Å². The third-order valence-corrected chi connectivity index (χ3v) is 4.14. The average molecular weight is 356 g/mol. The molecule has 1 aromatic heterocycles. The summed E-state index contributed by atoms with van der Waals surface area (Å²) in [6.07, 6.45) is 0. The summed E-state index contributed by atoms with van der Waals surface area (Å²) in [6, 6.07) is 7.68. The Hall–Kier alpha value is -3.18. The molecule has 0 saturated heterocycles. The molecule has 26 heavy (non-hydrogen) atoms. The van der Waals surface area contributed by atoms with Gasteiger partial charge in [-0.1, -0.05) is 12.1 Å². The Kier molecular flexibility index (Phi) is 5.00. The Morgan fingerprint density at radius 3 is 2.85 bits per heavy atom. The van der Waals surface area contributed by atoms with Gasteiger partial charge in [0, 0.05) is 12.7 Å². The van der Waals surface area contributed by atoms with Crippen LogP contribution in [0.4, 0.5) is 0 Å². The molecular weight excluding hydrogens is 336 g/mol. The van der Waals surface area contributed by atoms with Crippen molar-refractivity contribution >= 4 is 0 Å². The summed E-state index contributed by atoms with van der Waals surface area (Å²) < 4.78 is 22.0. The monoisotopic (exact) mass is 356 g/mol. The lowest BCUT2D eigenvalue weighted by molar-refractivity contribution is 0.180. The van der Waals surface area contributed by atoms with Crippen molar-refractivity contribution < 1.29 is 18.9 Å². The first kappa shape index (κ1) is 17.6. The number of aromatic amines is 1. The van der Waals surface area contributed by atoms with E-state index in [9.17, 15) is 5.26 Å². The maximum atomic E-state index is 9.72. The van der Waals surface area contributed by atoms with E-state index in [1.807, 2.05) is 19.1 Å². The zero-order valence-electron chi connectivity index (χ0n) is 14.8. The lowest BCUT2D eigenvalue weighted by Crippen LogP contribution is -2.22. The molecule has 0 aliphatic carbocycles. The standard InChI is InChI=1S/C18H20N4O4/c1-4-25-16-10(6-5-7-13(16)24-3)14-11(8-19)17(20)26-18-15(14)12(9-23-2)21-22-18/h5-7,14H,4,9,20H2,1-3H3,(H,21,22). The van der Waals surface area contributed by atoms with Gasteiger partial charge in [0.25, 0.3) is 0 Å². The quantitative estimate of drug-likeness (QED) is 0.815. The minimum absolute atomic E-state index is 0.0192. The van der Waals surface area contributed by atoms with Gasteiger partial charge in [0.1, 0.15) is 11.6 Å². The Bertz CT molecular complexity index is 882. The summed E-state index contributed by atoms with van der Waals surface area (Å²) in [4.78, 5) is 0. The van der Waals surface area contributed by atoms with Crippen molar-refractivity contribution in [3.63, 3.8) is 0 Å². The van der Waals surface area contributed by atoms with Crippen LogP contribution in [-0.4, -0.2) is 31.0 Å². The first-order valence-electron chi connectivity index (χ1n) is 8.09. The maximum absolute atomic E-state index is 9.72. The third-order valence-electron chi connectivity index (χ3n) is 4.14. The van der Waals surface area contributed by atoms with E-state index in [1.165, 1.54) is 0 Å². The number of hydrogen-bond donors (Lipinski definition) is 2. The minimum atomic E-state index is -0.510. The molecule has 136 valence electrons. The molecule has 0 spiro atoms. The van der Waals surface area contributed by atoms with E-state index < -0.39 is 5.92 Å². The van der Waals surface area contributed by atoms with E-state index in [4.69, 9.17) is 24.7 Å². The lowest BCUT2D eigenvalue weighted by atomic mass is 9.83. The van der Waals surface area contributed by atoms with Crippen LogP contribution in [0, 0.1) is 11.3 Å². The number of allylic oxidation sites excluding steroid dienone is 1. The molecule has 0 saturated carbocycles. The molecular formula is C18H20N4O4. The van der Waals surface area contributed by atoms with Crippen molar-refractivity contribution in [2.75, 3.05) is 20.8 Å². The predicted octanol–water partition coefficient (Wildman–Crippen LogP) is 2.18. The van der Waals surface area contributed by atoms with Crippen LogP contribution < -0.4 is 19.9 Å². The maximum Gasteiger partial charge on any atom is 0.244 e. The molecule has 2 aromatic rings. The molecule has 1 aliphatic heterocycles. The number of nitrogens with two attached hydrogens (primary N) is 1. The molecule has 1 atom stereocenters. The molecule has 0 bridgehead atoms. The van der Waals surface area contributed by atoms with Crippen molar-refractivity contribution in [1.82, 2.24) is 10.2 Å². The fourth-order valence-corrected chi connectivity index (χ4v) is 3.09. The number of nitrogens with one attached hydrogen (secondary N) is 1. The predicted molar refractivity (Wildman–Crippen MR) is 92.8 cm³/mol. The Balaban J connectivity index is 2.26. The van der Waals surface area contributed by atoms with E-state index in [0.29, 0.717) is 35.2 Å². The first-order chi connectivity index (χ1) is 12.7. The number of nitriles is 1. The van der Waals surface area contributed by atoms with Crippen LogP contribution in [0.1, 0.15) is 29.7 Å². The summed E-state index contributed by atoms with van der Waals surface area (Å²) in [5.74, 6) is 0.962. The van der Waals surface area contributed by atoms with Gasteiger partial charge in [0.05, 0.1) is 37.5 Å². The van der Waals surface area contributed by atoms with Gasteiger partial charge in [-0.05, 0) is 13.0 Å². The second-order valence-corrected chi connectivity index (χ2v) is 5.59. The number of methoxy groups -OCH3 is 2. The largest absolute Gasteiger partial charge is 0.493 e. The topological polar surface area (TPSA) is 115 Å². The van der Waals surface area contributed by atoms with Crippen molar-refractivity contribution in [2.24, 2.45) is 5.73 Å². The molecule has 0 fully saturated rings. The van der Waals surface area contributed by atoms with E-state index in [-0.39, 0.29) is 18.1 Å². The molecule has 8 nitrogen and oxygen atoms in total. The summed E-state index contributed by atoms with van der Waals surface area (Å²) in [5, 5.41) is 16.8. The zero-order valence-corrected chi connectivity index (χ0v) is 14.8. The SMILES string of the molecule is CCOc1c(OC)cccc1C1C(C#N)=C(N)Oc2n[nH]c(COC)c21. The van der Waals surface area contributed by atoms with E-state index in [1.54, 1.807) is 20.3 Å². The second-order valence-electron chi connectivity index (χ2n) is 5.59. The lowest BCUT2D eigenvalue weighted by Gasteiger charge is -2.26. The van der Waals surface area contributed by atoms with E-state index in [2.05, 4.69) is 16.3 Å². The molecule has 3 rings (SSSR count). The van der Waals surface area contributed by atoms with Crippen molar-refractivity contribution in [3.05, 3.63) is 46.5 Å². The number of H-pyrrole nitrogens is 1. The van der Waals surface area contributed by atoms with Gasteiger partial charge in [-0.2, -0.15) is 5.26 Å². The van der Waals surface area contributed by atoms with Gasteiger partial charge in [0.15, 0.2) is 11.5 Å². The Morgan fingerprint density at radius 2 is 2.19 bits per heavy atom. The van der Waals surface area contributed by atoms with E-state index >= 15 is 0 Å². The number of fused-ring (bicyclic) bond motifs is 1.